The summed E-state index contributed by atoms with van der Waals surface area (Å²) in [5.41, 5.74) is 2.34. The lowest BCUT2D eigenvalue weighted by Crippen LogP contribution is -2.49. The molecule has 2 aliphatic rings. The van der Waals surface area contributed by atoms with Crippen LogP contribution in [0.3, 0.4) is 0 Å². The first-order valence-corrected chi connectivity index (χ1v) is 9.82. The average molecular weight is 382 g/mol. The van der Waals surface area contributed by atoms with Gasteiger partial charge in [-0.25, -0.2) is 4.79 Å². The van der Waals surface area contributed by atoms with Crippen molar-refractivity contribution < 1.29 is 14.6 Å². The first kappa shape index (κ1) is 18.7. The molecule has 6 heteroatoms. The molecular weight excluding hydrogens is 356 g/mol. The number of hydrogen-bond donors (Lipinski definition) is 1. The molecule has 1 N–H and O–H groups in total. The maximum Gasteiger partial charge on any atom is 0.410 e. The van der Waals surface area contributed by atoms with Gasteiger partial charge in [-0.05, 0) is 42.5 Å². The van der Waals surface area contributed by atoms with Crippen molar-refractivity contribution in [3.05, 3.63) is 58.5 Å². The second-order valence-corrected chi connectivity index (χ2v) is 8.05. The lowest BCUT2D eigenvalue weighted by atomic mass is 9.94. The smallest absolute Gasteiger partial charge is 0.410 e. The molecule has 2 aromatic rings. The zero-order chi connectivity index (χ0) is 19.9. The molecule has 1 aliphatic carbocycles. The Labute approximate surface area is 164 Å². The maximum atomic E-state index is 12.6. The van der Waals surface area contributed by atoms with Gasteiger partial charge in [0.2, 0.25) is 0 Å². The molecule has 3 atom stereocenters. The van der Waals surface area contributed by atoms with Crippen LogP contribution in [0.4, 0.5) is 4.79 Å². The van der Waals surface area contributed by atoms with Gasteiger partial charge in [0.15, 0.2) is 0 Å². The highest BCUT2D eigenvalue weighted by molar-refractivity contribution is 5.70. The molecule has 2 fully saturated rings. The van der Waals surface area contributed by atoms with Crippen LogP contribution in [0, 0.1) is 0 Å². The fourth-order valence-electron chi connectivity index (χ4n) is 4.31. The van der Waals surface area contributed by atoms with Crippen LogP contribution in [0.15, 0.2) is 47.4 Å². The van der Waals surface area contributed by atoms with E-state index in [1.165, 1.54) is 4.57 Å². The van der Waals surface area contributed by atoms with Gasteiger partial charge in [-0.1, -0.05) is 24.3 Å². The Bertz CT molecular complexity index is 936. The van der Waals surface area contributed by atoms with E-state index in [4.69, 9.17) is 4.74 Å². The molecule has 4 rings (SSSR count). The summed E-state index contributed by atoms with van der Waals surface area (Å²) in [4.78, 5) is 26.2. The van der Waals surface area contributed by atoms with E-state index in [0.29, 0.717) is 19.4 Å². The Balaban J connectivity index is 1.48. The van der Waals surface area contributed by atoms with Crippen LogP contribution in [-0.2, 0) is 11.8 Å². The molecule has 148 valence electrons. The van der Waals surface area contributed by atoms with E-state index in [2.05, 4.69) is 0 Å². The second-order valence-electron chi connectivity index (χ2n) is 8.05. The minimum atomic E-state index is -0.476. The van der Waals surface area contributed by atoms with Crippen LogP contribution in [0.5, 0.6) is 0 Å². The van der Waals surface area contributed by atoms with Crippen molar-refractivity contribution in [2.45, 2.75) is 50.4 Å². The number of carbonyl (C=O) groups is 1. The normalized spacial score (nSPS) is 25.8. The van der Waals surface area contributed by atoms with Crippen molar-refractivity contribution in [2.75, 3.05) is 6.54 Å². The van der Waals surface area contributed by atoms with Crippen molar-refractivity contribution in [3.8, 4) is 11.1 Å². The number of amides is 1. The van der Waals surface area contributed by atoms with Gasteiger partial charge in [0.05, 0.1) is 12.1 Å². The van der Waals surface area contributed by atoms with Crippen molar-refractivity contribution in [2.24, 2.45) is 7.05 Å². The number of aromatic nitrogens is 1. The van der Waals surface area contributed by atoms with Crippen LogP contribution in [0.1, 0.15) is 44.2 Å². The standard InChI is InChI=1S/C22H26N2O4/c1-15(24-12-10-22(28-21(24)27)9-7-19(25)14-22)16-3-5-17(6-4-16)18-8-11-23(2)20(26)13-18/h3-6,8,11,13,15,19,25H,7,9-10,12,14H2,1-2H3/t15-,19+,22-/m0/s1. The molecule has 28 heavy (non-hydrogen) atoms. The van der Waals surface area contributed by atoms with Gasteiger partial charge in [0, 0.05) is 38.7 Å². The maximum absolute atomic E-state index is 12.6. The first-order valence-electron chi connectivity index (χ1n) is 9.82. The van der Waals surface area contributed by atoms with Crippen molar-refractivity contribution in [1.82, 2.24) is 9.47 Å². The summed E-state index contributed by atoms with van der Waals surface area (Å²) in [6.45, 7) is 2.62. The molecule has 0 unspecified atom stereocenters. The van der Waals surface area contributed by atoms with Crippen LogP contribution in [0.25, 0.3) is 11.1 Å². The summed E-state index contributed by atoms with van der Waals surface area (Å²) in [5, 5.41) is 9.81. The third kappa shape index (κ3) is 3.44. The van der Waals surface area contributed by atoms with Crippen LogP contribution in [-0.4, -0.2) is 38.9 Å². The minimum Gasteiger partial charge on any atom is -0.443 e. The van der Waals surface area contributed by atoms with E-state index in [1.807, 2.05) is 37.3 Å². The van der Waals surface area contributed by atoms with Crippen molar-refractivity contribution in [1.29, 1.82) is 0 Å². The third-order valence-electron chi connectivity index (χ3n) is 6.19. The Kier molecular flexibility index (Phi) is 4.75. The van der Waals surface area contributed by atoms with E-state index in [0.717, 1.165) is 29.5 Å². The van der Waals surface area contributed by atoms with Crippen LogP contribution >= 0.6 is 0 Å². The van der Waals surface area contributed by atoms with Gasteiger partial charge in [-0.3, -0.25) is 4.79 Å². The summed E-state index contributed by atoms with van der Waals surface area (Å²) in [6.07, 6.45) is 3.84. The molecule has 2 heterocycles. The SMILES string of the molecule is C[C@@H](c1ccc(-c2ccn(C)c(=O)c2)cc1)N1CC[C@]2(CC[C@@H](O)C2)OC1=O. The molecule has 1 spiro atoms. The van der Waals surface area contributed by atoms with Gasteiger partial charge >= 0.3 is 6.09 Å². The number of benzene rings is 1. The second kappa shape index (κ2) is 7.09. The Morgan fingerprint density at radius 2 is 1.89 bits per heavy atom. The summed E-state index contributed by atoms with van der Waals surface area (Å²) in [6, 6.07) is 11.4. The quantitative estimate of drug-likeness (QED) is 0.885. The van der Waals surface area contributed by atoms with E-state index < -0.39 is 5.60 Å². The molecule has 1 aliphatic heterocycles. The molecular formula is C22H26N2O4. The zero-order valence-corrected chi connectivity index (χ0v) is 16.3. The van der Waals surface area contributed by atoms with Crippen LogP contribution < -0.4 is 5.56 Å². The highest BCUT2D eigenvalue weighted by atomic mass is 16.6. The largest absolute Gasteiger partial charge is 0.443 e. The van der Waals surface area contributed by atoms with Crippen molar-refractivity contribution >= 4 is 6.09 Å². The predicted molar refractivity (Wildman–Crippen MR) is 106 cm³/mol. The highest BCUT2D eigenvalue weighted by Crippen LogP contribution is 2.41. The molecule has 1 saturated heterocycles. The summed E-state index contributed by atoms with van der Waals surface area (Å²) >= 11 is 0. The number of pyridine rings is 1. The fourth-order valence-corrected chi connectivity index (χ4v) is 4.31. The number of carbonyl (C=O) groups excluding carboxylic acids is 1. The number of hydrogen-bond acceptors (Lipinski definition) is 4. The minimum absolute atomic E-state index is 0.0445. The van der Waals surface area contributed by atoms with Gasteiger partial charge in [-0.2, -0.15) is 0 Å². The Morgan fingerprint density at radius 3 is 2.50 bits per heavy atom. The summed E-state index contributed by atoms with van der Waals surface area (Å²) < 4.78 is 7.31. The first-order chi connectivity index (χ1) is 13.4. The number of aryl methyl sites for hydroxylation is 1. The molecule has 1 saturated carbocycles. The Hall–Kier alpha value is -2.60. The van der Waals surface area contributed by atoms with Gasteiger partial charge < -0.3 is 19.3 Å². The van der Waals surface area contributed by atoms with E-state index in [-0.39, 0.29) is 23.8 Å². The molecule has 1 aromatic carbocycles. The number of ether oxygens (including phenoxy) is 1. The van der Waals surface area contributed by atoms with Crippen molar-refractivity contribution in [3.63, 3.8) is 0 Å². The zero-order valence-electron chi connectivity index (χ0n) is 16.3. The van der Waals surface area contributed by atoms with Crippen LogP contribution in [0.2, 0.25) is 0 Å². The number of nitrogens with zero attached hydrogens (tertiary/aromatic N) is 2. The number of aliphatic hydroxyl groups excluding tert-OH is 1. The fraction of sp³-hybridized carbons (Fsp3) is 0.455. The van der Waals surface area contributed by atoms with E-state index >= 15 is 0 Å². The molecule has 0 bridgehead atoms. The molecule has 1 aromatic heterocycles. The lowest BCUT2D eigenvalue weighted by molar-refractivity contribution is -0.0572. The molecule has 1 amide bonds. The highest BCUT2D eigenvalue weighted by Gasteiger charge is 2.46. The van der Waals surface area contributed by atoms with E-state index in [1.54, 1.807) is 24.2 Å². The predicted octanol–water partition coefficient (Wildman–Crippen LogP) is 3.24. The molecule has 6 nitrogen and oxygen atoms in total. The average Bonchev–Trinajstić information content (AvgIpc) is 3.03. The third-order valence-corrected chi connectivity index (χ3v) is 6.19. The van der Waals surface area contributed by atoms with Gasteiger partial charge in [0.1, 0.15) is 5.60 Å². The number of aliphatic hydroxyl groups is 1. The van der Waals surface area contributed by atoms with Gasteiger partial charge in [0.25, 0.3) is 5.56 Å². The topological polar surface area (TPSA) is 71.8 Å². The number of rotatable bonds is 3. The monoisotopic (exact) mass is 382 g/mol. The lowest BCUT2D eigenvalue weighted by Gasteiger charge is -2.41. The summed E-state index contributed by atoms with van der Waals surface area (Å²) in [7, 11) is 1.73. The molecule has 0 radical (unpaired) electrons. The van der Waals surface area contributed by atoms with Gasteiger partial charge in [-0.15, -0.1) is 0 Å². The Morgan fingerprint density at radius 1 is 1.14 bits per heavy atom. The summed E-state index contributed by atoms with van der Waals surface area (Å²) in [5.74, 6) is 0. The van der Waals surface area contributed by atoms with E-state index in [9.17, 15) is 14.7 Å².